The zero-order valence-electron chi connectivity index (χ0n) is 10.3. The molecule has 2 N–H and O–H groups in total. The average molecular weight is 223 g/mol. The van der Waals surface area contributed by atoms with Gasteiger partial charge in [0, 0.05) is 6.54 Å². The van der Waals surface area contributed by atoms with E-state index in [0.29, 0.717) is 17.8 Å². The van der Waals surface area contributed by atoms with Crippen molar-refractivity contribution in [2.24, 2.45) is 16.8 Å². The number of amides is 1. The Kier molecular flexibility index (Phi) is 2.91. The molecule has 1 amide bonds. The first kappa shape index (κ1) is 11.4. The first-order valence-corrected chi connectivity index (χ1v) is 6.18. The van der Waals surface area contributed by atoms with Gasteiger partial charge in [-0.15, -0.1) is 0 Å². The molecule has 0 aromatic rings. The number of carbonyl (C=O) groups excluding carboxylic acids is 1. The Balaban J connectivity index is 2.10. The quantitative estimate of drug-likeness (QED) is 0.741. The third-order valence-electron chi connectivity index (χ3n) is 3.64. The van der Waals surface area contributed by atoms with Gasteiger partial charge in [-0.3, -0.25) is 15.1 Å². The van der Waals surface area contributed by atoms with E-state index in [1.54, 1.807) is 0 Å². The molecule has 0 radical (unpaired) electrons. The molecule has 90 valence electrons. The maximum atomic E-state index is 12.0. The predicted octanol–water partition coefficient (Wildman–Crippen LogP) is 1.28. The fourth-order valence-electron chi connectivity index (χ4n) is 2.57. The van der Waals surface area contributed by atoms with Crippen LogP contribution in [0.3, 0.4) is 0 Å². The molecule has 1 heterocycles. The van der Waals surface area contributed by atoms with Crippen LogP contribution in [0.5, 0.6) is 0 Å². The van der Waals surface area contributed by atoms with E-state index >= 15 is 0 Å². The number of aliphatic imine (C=N–C) groups is 1. The maximum Gasteiger partial charge on any atom is 0.252 e. The van der Waals surface area contributed by atoms with Gasteiger partial charge in [-0.2, -0.15) is 0 Å². The second-order valence-corrected chi connectivity index (χ2v) is 5.43. The van der Waals surface area contributed by atoms with Crippen molar-refractivity contribution in [1.82, 2.24) is 10.6 Å². The Bertz CT molecular complexity index is 324. The summed E-state index contributed by atoms with van der Waals surface area (Å²) in [6.45, 7) is 7.14. The van der Waals surface area contributed by atoms with Crippen LogP contribution in [0.4, 0.5) is 0 Å². The number of guanidine groups is 1. The highest BCUT2D eigenvalue weighted by molar-refractivity contribution is 6.09. The average Bonchev–Trinajstić information content (AvgIpc) is 2.72. The van der Waals surface area contributed by atoms with Crippen molar-refractivity contribution in [3.63, 3.8) is 0 Å². The van der Waals surface area contributed by atoms with Crippen molar-refractivity contribution in [1.29, 1.82) is 0 Å². The summed E-state index contributed by atoms with van der Waals surface area (Å²) in [6.07, 6.45) is 3.18. The molecule has 4 heteroatoms. The molecular formula is C12H21N3O. The van der Waals surface area contributed by atoms with Crippen LogP contribution in [0.1, 0.15) is 40.0 Å². The number of hydrogen-bond donors (Lipinski definition) is 2. The van der Waals surface area contributed by atoms with Crippen LogP contribution in [0.15, 0.2) is 4.99 Å². The van der Waals surface area contributed by atoms with E-state index < -0.39 is 0 Å². The second kappa shape index (κ2) is 4.07. The number of carbonyl (C=O) groups is 1. The normalized spacial score (nSPS) is 36.1. The van der Waals surface area contributed by atoms with Crippen molar-refractivity contribution in [3.8, 4) is 0 Å². The van der Waals surface area contributed by atoms with Crippen LogP contribution < -0.4 is 10.6 Å². The van der Waals surface area contributed by atoms with Crippen LogP contribution >= 0.6 is 0 Å². The molecule has 0 bridgehead atoms. The third kappa shape index (κ3) is 1.81. The van der Waals surface area contributed by atoms with Gasteiger partial charge in [0.15, 0.2) is 5.96 Å². The van der Waals surface area contributed by atoms with Gasteiger partial charge in [0.05, 0.1) is 0 Å². The number of rotatable bonds is 2. The van der Waals surface area contributed by atoms with E-state index in [1.807, 2.05) is 0 Å². The summed E-state index contributed by atoms with van der Waals surface area (Å²) in [5, 5.41) is 6.18. The topological polar surface area (TPSA) is 53.5 Å². The van der Waals surface area contributed by atoms with E-state index in [1.165, 1.54) is 0 Å². The lowest BCUT2D eigenvalue weighted by atomic mass is 9.89. The smallest absolute Gasteiger partial charge is 0.252 e. The molecule has 0 aromatic carbocycles. The standard InChI is InChI=1S/C12H21N3O/c1-8(2)7-13-11-14-10(16)12(15-11)6-4-5-9(12)3/h8-9H,4-7H2,1-3H3,(H2,13,14,15,16). The van der Waals surface area contributed by atoms with E-state index in [2.05, 4.69) is 36.4 Å². The Morgan fingerprint density at radius 2 is 2.31 bits per heavy atom. The fraction of sp³-hybridized carbons (Fsp3) is 0.833. The summed E-state index contributed by atoms with van der Waals surface area (Å²) in [4.78, 5) is 16.4. The molecule has 1 saturated heterocycles. The van der Waals surface area contributed by atoms with Gasteiger partial charge in [-0.05, 0) is 24.7 Å². The lowest BCUT2D eigenvalue weighted by Gasteiger charge is -2.25. The maximum absolute atomic E-state index is 12.0. The van der Waals surface area contributed by atoms with Gasteiger partial charge in [-0.25, -0.2) is 0 Å². The summed E-state index contributed by atoms with van der Waals surface area (Å²) in [5.41, 5.74) is -0.365. The Hall–Kier alpha value is -1.06. The molecule has 1 aliphatic carbocycles. The monoisotopic (exact) mass is 223 g/mol. The van der Waals surface area contributed by atoms with Crippen molar-refractivity contribution in [3.05, 3.63) is 0 Å². The van der Waals surface area contributed by atoms with Crippen LogP contribution in [-0.2, 0) is 4.79 Å². The van der Waals surface area contributed by atoms with Crippen molar-refractivity contribution < 1.29 is 4.79 Å². The molecular weight excluding hydrogens is 202 g/mol. The molecule has 16 heavy (non-hydrogen) atoms. The lowest BCUT2D eigenvalue weighted by molar-refractivity contribution is -0.124. The van der Waals surface area contributed by atoms with E-state index in [-0.39, 0.29) is 11.4 Å². The minimum Gasteiger partial charge on any atom is -0.341 e. The highest BCUT2D eigenvalue weighted by atomic mass is 16.2. The predicted molar refractivity (Wildman–Crippen MR) is 64.2 cm³/mol. The number of hydrogen-bond acceptors (Lipinski definition) is 2. The molecule has 2 fully saturated rings. The molecule has 2 atom stereocenters. The summed E-state index contributed by atoms with van der Waals surface area (Å²) >= 11 is 0. The van der Waals surface area contributed by atoms with Crippen molar-refractivity contribution >= 4 is 11.9 Å². The van der Waals surface area contributed by atoms with Crippen molar-refractivity contribution in [2.75, 3.05) is 6.54 Å². The molecule has 0 aromatic heterocycles. The number of nitrogens with one attached hydrogen (secondary N) is 2. The summed E-state index contributed by atoms with van der Waals surface area (Å²) in [6, 6.07) is 0. The largest absolute Gasteiger partial charge is 0.341 e. The second-order valence-electron chi connectivity index (χ2n) is 5.43. The highest BCUT2D eigenvalue weighted by Gasteiger charge is 2.51. The first-order valence-electron chi connectivity index (χ1n) is 6.18. The summed E-state index contributed by atoms with van der Waals surface area (Å²) < 4.78 is 0. The van der Waals surface area contributed by atoms with Gasteiger partial charge in [0.25, 0.3) is 5.91 Å². The molecule has 1 aliphatic heterocycles. The minimum atomic E-state index is -0.365. The Morgan fingerprint density at radius 1 is 1.56 bits per heavy atom. The molecule has 2 rings (SSSR count). The van der Waals surface area contributed by atoms with Crippen LogP contribution in [0.25, 0.3) is 0 Å². The Morgan fingerprint density at radius 3 is 2.88 bits per heavy atom. The van der Waals surface area contributed by atoms with Crippen LogP contribution in [0.2, 0.25) is 0 Å². The van der Waals surface area contributed by atoms with Crippen molar-refractivity contribution in [2.45, 2.75) is 45.6 Å². The molecule has 1 spiro atoms. The molecule has 2 aliphatic rings. The first-order chi connectivity index (χ1) is 7.54. The fourth-order valence-corrected chi connectivity index (χ4v) is 2.57. The van der Waals surface area contributed by atoms with Gasteiger partial charge in [0.1, 0.15) is 5.54 Å². The van der Waals surface area contributed by atoms with Crippen LogP contribution in [0, 0.1) is 11.8 Å². The molecule has 1 saturated carbocycles. The zero-order chi connectivity index (χ0) is 11.8. The van der Waals surface area contributed by atoms with Gasteiger partial charge in [0.2, 0.25) is 0 Å². The lowest BCUT2D eigenvalue weighted by Crippen LogP contribution is -2.49. The molecule has 2 unspecified atom stereocenters. The SMILES string of the molecule is CC(C)CN=C1NC(=O)C2(CCCC2C)N1. The van der Waals surface area contributed by atoms with Gasteiger partial charge >= 0.3 is 0 Å². The minimum absolute atomic E-state index is 0.111. The third-order valence-corrected chi connectivity index (χ3v) is 3.64. The molecule has 4 nitrogen and oxygen atoms in total. The van der Waals surface area contributed by atoms with E-state index in [9.17, 15) is 4.79 Å². The highest BCUT2D eigenvalue weighted by Crippen LogP contribution is 2.37. The number of nitrogens with zero attached hydrogens (tertiary/aromatic N) is 1. The Labute approximate surface area is 96.9 Å². The van der Waals surface area contributed by atoms with E-state index in [4.69, 9.17) is 0 Å². The summed E-state index contributed by atoms with van der Waals surface area (Å²) in [7, 11) is 0. The van der Waals surface area contributed by atoms with Crippen LogP contribution in [-0.4, -0.2) is 24.0 Å². The zero-order valence-corrected chi connectivity index (χ0v) is 10.3. The van der Waals surface area contributed by atoms with Gasteiger partial charge in [-0.1, -0.05) is 27.2 Å². The van der Waals surface area contributed by atoms with E-state index in [0.717, 1.165) is 25.8 Å². The summed E-state index contributed by atoms with van der Waals surface area (Å²) in [5.74, 6) is 1.70. The van der Waals surface area contributed by atoms with Gasteiger partial charge < -0.3 is 5.32 Å².